The number of unbranched alkanes of at least 4 members (excludes halogenated alkanes) is 11. The van der Waals surface area contributed by atoms with E-state index in [4.69, 9.17) is 10.2 Å². The fourth-order valence-corrected chi connectivity index (χ4v) is 5.77. The summed E-state index contributed by atoms with van der Waals surface area (Å²) in [5.74, 6) is -2.74. The van der Waals surface area contributed by atoms with E-state index in [0.717, 1.165) is 24.8 Å². The molecule has 0 spiro atoms. The number of aliphatic hydroxyl groups excluding tert-OH is 1. The van der Waals surface area contributed by atoms with E-state index in [0.29, 0.717) is 6.42 Å². The number of amides is 1. The molecule has 0 aromatic rings. The molecule has 0 saturated heterocycles. The van der Waals surface area contributed by atoms with Crippen LogP contribution in [0.15, 0.2) is 11.6 Å². The fourth-order valence-electron chi connectivity index (χ4n) is 4.49. The number of carboxylic acid groups (broad SMARTS) is 2. The molecule has 1 aliphatic carbocycles. The van der Waals surface area contributed by atoms with Gasteiger partial charge >= 0.3 is 11.9 Å². The molecule has 0 aromatic carbocycles. The summed E-state index contributed by atoms with van der Waals surface area (Å²) in [5.41, 5.74) is 1.08. The van der Waals surface area contributed by atoms with E-state index < -0.39 is 30.5 Å². The Morgan fingerprint density at radius 2 is 1.53 bits per heavy atom. The number of aliphatic carboxylic acids is 2. The average Bonchev–Trinajstić information content (AvgIpc) is 2.79. The van der Waals surface area contributed by atoms with Crippen LogP contribution in [0.1, 0.15) is 103 Å². The number of rotatable bonds is 19. The van der Waals surface area contributed by atoms with E-state index in [1.54, 1.807) is 0 Å². The minimum Gasteiger partial charge on any atom is -0.481 e. The van der Waals surface area contributed by atoms with Crippen molar-refractivity contribution in [1.82, 2.24) is 5.32 Å². The van der Waals surface area contributed by atoms with Gasteiger partial charge < -0.3 is 20.6 Å². The summed E-state index contributed by atoms with van der Waals surface area (Å²) < 4.78 is 0. The highest BCUT2D eigenvalue weighted by Gasteiger charge is 2.36. The molecule has 1 fully saturated rings. The quantitative estimate of drug-likeness (QED) is 0.143. The Labute approximate surface area is 209 Å². The first kappa shape index (κ1) is 30.5. The molecule has 1 saturated carbocycles. The molecule has 0 unspecified atom stereocenters. The lowest BCUT2D eigenvalue weighted by atomic mass is 9.80. The molecule has 0 aromatic heterocycles. The molecule has 3 atom stereocenters. The van der Waals surface area contributed by atoms with Crippen LogP contribution in [0, 0.1) is 5.92 Å². The summed E-state index contributed by atoms with van der Waals surface area (Å²) in [6.07, 6.45) is 17.7. The zero-order valence-electron chi connectivity index (χ0n) is 20.8. The van der Waals surface area contributed by atoms with E-state index in [9.17, 15) is 19.5 Å². The predicted octanol–water partition coefficient (Wildman–Crippen LogP) is 5.16. The molecular weight excluding hydrogens is 454 g/mol. The highest BCUT2D eigenvalue weighted by atomic mass is 32.2. The Morgan fingerprint density at radius 3 is 2.09 bits per heavy atom. The van der Waals surface area contributed by atoms with Crippen molar-refractivity contribution in [3.63, 3.8) is 0 Å². The molecule has 0 aliphatic heterocycles. The number of carbonyl (C=O) groups excluding carboxylic acids is 1. The first-order chi connectivity index (χ1) is 16.3. The van der Waals surface area contributed by atoms with Crippen LogP contribution in [-0.2, 0) is 14.4 Å². The van der Waals surface area contributed by atoms with Crippen LogP contribution in [0.3, 0.4) is 0 Å². The van der Waals surface area contributed by atoms with Crippen molar-refractivity contribution < 1.29 is 29.7 Å². The number of carbonyl (C=O) groups is 3. The Morgan fingerprint density at radius 1 is 0.941 bits per heavy atom. The summed E-state index contributed by atoms with van der Waals surface area (Å²) in [6, 6.07) is 0. The lowest BCUT2D eigenvalue weighted by molar-refractivity contribution is -0.139. The molecule has 1 amide bonds. The molecule has 7 nitrogen and oxygen atoms in total. The number of hydrogen-bond acceptors (Lipinski definition) is 5. The monoisotopic (exact) mass is 499 g/mol. The normalized spacial score (nSPS) is 21.5. The maximum Gasteiger partial charge on any atom is 0.322 e. The molecule has 1 aliphatic rings. The van der Waals surface area contributed by atoms with Gasteiger partial charge in [-0.2, -0.15) is 0 Å². The lowest BCUT2D eigenvalue weighted by Crippen LogP contribution is -2.39. The van der Waals surface area contributed by atoms with Gasteiger partial charge in [0.25, 0.3) is 0 Å². The second kappa shape index (κ2) is 18.7. The van der Waals surface area contributed by atoms with E-state index in [2.05, 4.69) is 18.3 Å². The van der Waals surface area contributed by atoms with Crippen LogP contribution in [0.25, 0.3) is 0 Å². The number of aliphatic hydroxyl groups is 1. The summed E-state index contributed by atoms with van der Waals surface area (Å²) >= 11 is 1.27. The highest BCUT2D eigenvalue weighted by Crippen LogP contribution is 2.38. The first-order valence-electron chi connectivity index (χ1n) is 13.0. The van der Waals surface area contributed by atoms with Crippen LogP contribution in [0.2, 0.25) is 0 Å². The van der Waals surface area contributed by atoms with Gasteiger partial charge in [0.05, 0.1) is 23.5 Å². The van der Waals surface area contributed by atoms with Crippen molar-refractivity contribution in [3.05, 3.63) is 11.6 Å². The first-order valence-corrected chi connectivity index (χ1v) is 14.1. The molecule has 4 N–H and O–H groups in total. The summed E-state index contributed by atoms with van der Waals surface area (Å²) in [4.78, 5) is 33.7. The second-order valence-electron chi connectivity index (χ2n) is 9.39. The van der Waals surface area contributed by atoms with Gasteiger partial charge in [-0.15, -0.1) is 11.8 Å². The van der Waals surface area contributed by atoms with Crippen molar-refractivity contribution in [2.45, 2.75) is 115 Å². The molecule has 8 heteroatoms. The lowest BCUT2D eigenvalue weighted by Gasteiger charge is -2.36. The topological polar surface area (TPSA) is 124 Å². The number of hydrogen-bond donors (Lipinski definition) is 4. The fraction of sp³-hybridized carbons (Fsp3) is 0.808. The smallest absolute Gasteiger partial charge is 0.322 e. The van der Waals surface area contributed by atoms with Crippen molar-refractivity contribution in [3.8, 4) is 0 Å². The standard InChI is InChI=1S/C26H45NO6S/c1-2-3-4-5-6-7-8-9-10-11-12-13-14-20-15-16-21(17-23(29)30)25(33)26(20)34-19-22(28)27-18-24(31)32/h14,21,25-26,33H,2-13,15-19H2,1H3,(H,27,28)(H,29,30)(H,31,32)/b20-14+/t21-,25-,26-/m1/s1. The van der Waals surface area contributed by atoms with E-state index >= 15 is 0 Å². The highest BCUT2D eigenvalue weighted by molar-refractivity contribution is 8.00. The van der Waals surface area contributed by atoms with Crippen molar-refractivity contribution in [2.75, 3.05) is 12.3 Å². The molecular formula is C26H45NO6S. The largest absolute Gasteiger partial charge is 0.481 e. The Kier molecular flexibility index (Phi) is 16.8. The van der Waals surface area contributed by atoms with Crippen LogP contribution >= 0.6 is 11.8 Å². The van der Waals surface area contributed by atoms with Gasteiger partial charge in [-0.05, 0) is 31.6 Å². The van der Waals surface area contributed by atoms with E-state index in [1.165, 1.54) is 76.0 Å². The molecule has 0 heterocycles. The number of carboxylic acids is 2. The van der Waals surface area contributed by atoms with Crippen molar-refractivity contribution >= 4 is 29.6 Å². The summed E-state index contributed by atoms with van der Waals surface area (Å²) in [5, 5.41) is 30.7. The van der Waals surface area contributed by atoms with Gasteiger partial charge in [-0.25, -0.2) is 0 Å². The van der Waals surface area contributed by atoms with Gasteiger partial charge in [0.1, 0.15) is 6.54 Å². The number of allylic oxidation sites excluding steroid dienone is 1. The Hall–Kier alpha value is -1.54. The number of thioether (sulfide) groups is 1. The Bertz CT molecular complexity index is 639. The van der Waals surface area contributed by atoms with Crippen LogP contribution < -0.4 is 5.32 Å². The van der Waals surface area contributed by atoms with Gasteiger partial charge in [0.15, 0.2) is 0 Å². The van der Waals surface area contributed by atoms with Crippen LogP contribution in [-0.4, -0.2) is 56.8 Å². The SMILES string of the molecule is CCCCCCCCCCCCC/C=C1\CC[C@H](CC(=O)O)[C@@H](O)[C@@H]1SCC(=O)NCC(=O)O. The molecule has 0 bridgehead atoms. The van der Waals surface area contributed by atoms with E-state index in [1.807, 2.05) is 0 Å². The maximum atomic E-state index is 11.9. The summed E-state index contributed by atoms with van der Waals surface area (Å²) in [6.45, 7) is 1.81. The molecule has 196 valence electrons. The predicted molar refractivity (Wildman–Crippen MR) is 137 cm³/mol. The zero-order valence-corrected chi connectivity index (χ0v) is 21.6. The van der Waals surface area contributed by atoms with Crippen molar-refractivity contribution in [2.24, 2.45) is 5.92 Å². The van der Waals surface area contributed by atoms with E-state index in [-0.39, 0.29) is 23.3 Å². The van der Waals surface area contributed by atoms with Gasteiger partial charge in [0.2, 0.25) is 5.91 Å². The van der Waals surface area contributed by atoms with Gasteiger partial charge in [0, 0.05) is 0 Å². The Balaban J connectivity index is 2.42. The molecule has 0 radical (unpaired) electrons. The summed E-state index contributed by atoms with van der Waals surface area (Å²) in [7, 11) is 0. The third-order valence-electron chi connectivity index (χ3n) is 6.44. The van der Waals surface area contributed by atoms with Crippen LogP contribution in [0.5, 0.6) is 0 Å². The second-order valence-corrected chi connectivity index (χ2v) is 10.5. The molecule has 34 heavy (non-hydrogen) atoms. The molecule has 1 rings (SSSR count). The van der Waals surface area contributed by atoms with Crippen molar-refractivity contribution in [1.29, 1.82) is 0 Å². The average molecular weight is 500 g/mol. The maximum absolute atomic E-state index is 11.9. The minimum absolute atomic E-state index is 0.0323. The number of nitrogens with one attached hydrogen (secondary N) is 1. The zero-order chi connectivity index (χ0) is 25.2. The van der Waals surface area contributed by atoms with Crippen LogP contribution in [0.4, 0.5) is 0 Å². The minimum atomic E-state index is -1.11. The van der Waals surface area contributed by atoms with Gasteiger partial charge in [-0.3, -0.25) is 14.4 Å². The third-order valence-corrected chi connectivity index (χ3v) is 7.81. The third kappa shape index (κ3) is 14.0. The van der Waals surface area contributed by atoms with Gasteiger partial charge in [-0.1, -0.05) is 82.8 Å².